The molecule has 2 N–H and O–H groups in total. The number of carbonyl (C=O) groups excluding carboxylic acids is 1. The lowest BCUT2D eigenvalue weighted by atomic mass is 10.0. The third kappa shape index (κ3) is 3.57. The van der Waals surface area contributed by atoms with E-state index in [2.05, 4.69) is 20.0 Å². The molecule has 4 rings (SSSR count). The fourth-order valence-electron chi connectivity index (χ4n) is 3.07. The van der Waals surface area contributed by atoms with Gasteiger partial charge in [0.2, 0.25) is 5.91 Å². The SMILES string of the molecule is O=C(CCc1c(-c2ccc(F)cc2)[nH]c2ccc(F)cc12)Nc1cnoc1. The van der Waals surface area contributed by atoms with Gasteiger partial charge in [-0.05, 0) is 60.0 Å². The van der Waals surface area contributed by atoms with Crippen LogP contribution in [0.25, 0.3) is 22.2 Å². The monoisotopic (exact) mass is 367 g/mol. The van der Waals surface area contributed by atoms with Crippen molar-refractivity contribution in [1.29, 1.82) is 0 Å². The minimum absolute atomic E-state index is 0.183. The van der Waals surface area contributed by atoms with Crippen molar-refractivity contribution in [2.24, 2.45) is 0 Å². The molecule has 0 unspecified atom stereocenters. The number of hydrogen-bond acceptors (Lipinski definition) is 3. The molecule has 1 amide bonds. The number of carbonyl (C=O) groups is 1. The first-order valence-electron chi connectivity index (χ1n) is 8.35. The van der Waals surface area contributed by atoms with Crippen molar-refractivity contribution in [3.63, 3.8) is 0 Å². The standard InChI is InChI=1S/C20H15F2N3O2/c21-13-3-1-12(2-4-13)20-16(17-9-14(22)5-7-18(17)25-20)6-8-19(26)24-15-10-23-27-11-15/h1-5,7,9-11,25H,6,8H2,(H,24,26). The summed E-state index contributed by atoms with van der Waals surface area (Å²) in [7, 11) is 0. The number of aromatic amines is 1. The third-order valence-corrected chi connectivity index (χ3v) is 4.32. The Balaban J connectivity index is 1.66. The van der Waals surface area contributed by atoms with E-state index in [1.54, 1.807) is 18.2 Å². The number of nitrogens with one attached hydrogen (secondary N) is 2. The molecule has 136 valence electrons. The molecule has 0 aliphatic carbocycles. The minimum Gasteiger partial charge on any atom is -0.363 e. The first-order chi connectivity index (χ1) is 13.1. The molecule has 0 aliphatic heterocycles. The zero-order valence-corrected chi connectivity index (χ0v) is 14.1. The van der Waals surface area contributed by atoms with Crippen LogP contribution in [0, 0.1) is 11.6 Å². The molecule has 7 heteroatoms. The number of rotatable bonds is 5. The molecule has 5 nitrogen and oxygen atoms in total. The summed E-state index contributed by atoms with van der Waals surface area (Å²) in [4.78, 5) is 15.4. The lowest BCUT2D eigenvalue weighted by Crippen LogP contribution is -2.11. The lowest BCUT2D eigenvalue weighted by molar-refractivity contribution is -0.116. The summed E-state index contributed by atoms with van der Waals surface area (Å²) >= 11 is 0. The van der Waals surface area contributed by atoms with Crippen LogP contribution >= 0.6 is 0 Å². The number of fused-ring (bicyclic) bond motifs is 1. The van der Waals surface area contributed by atoms with Gasteiger partial charge in [-0.25, -0.2) is 8.78 Å². The maximum atomic E-state index is 13.8. The van der Waals surface area contributed by atoms with E-state index in [0.29, 0.717) is 17.5 Å². The Morgan fingerprint density at radius 3 is 2.63 bits per heavy atom. The quantitative estimate of drug-likeness (QED) is 0.538. The van der Waals surface area contributed by atoms with Crippen LogP contribution in [0.15, 0.2) is 59.4 Å². The Kier molecular flexibility index (Phi) is 4.42. The van der Waals surface area contributed by atoms with Gasteiger partial charge in [-0.15, -0.1) is 0 Å². The van der Waals surface area contributed by atoms with Gasteiger partial charge in [0.05, 0.1) is 6.20 Å². The van der Waals surface area contributed by atoms with E-state index in [9.17, 15) is 13.6 Å². The molecule has 2 aromatic carbocycles. The maximum Gasteiger partial charge on any atom is 0.224 e. The van der Waals surface area contributed by atoms with Gasteiger partial charge in [-0.3, -0.25) is 4.79 Å². The number of H-pyrrole nitrogens is 1. The molecule has 0 aliphatic rings. The summed E-state index contributed by atoms with van der Waals surface area (Å²) in [6.07, 6.45) is 3.31. The molecular formula is C20H15F2N3O2. The zero-order valence-electron chi connectivity index (χ0n) is 14.1. The number of nitrogens with zero attached hydrogens (tertiary/aromatic N) is 1. The molecule has 0 spiro atoms. The van der Waals surface area contributed by atoms with Crippen molar-refractivity contribution < 1.29 is 18.1 Å². The van der Waals surface area contributed by atoms with Gasteiger partial charge in [-0.2, -0.15) is 0 Å². The number of halogens is 2. The zero-order chi connectivity index (χ0) is 18.8. The van der Waals surface area contributed by atoms with Crippen LogP contribution in [-0.4, -0.2) is 16.0 Å². The predicted octanol–water partition coefficient (Wildman–Crippen LogP) is 4.67. The van der Waals surface area contributed by atoms with E-state index in [1.807, 2.05) is 0 Å². The van der Waals surface area contributed by atoms with Crippen LogP contribution in [0.2, 0.25) is 0 Å². The Labute approximate surface area is 153 Å². The highest BCUT2D eigenvalue weighted by Gasteiger charge is 2.16. The van der Waals surface area contributed by atoms with E-state index < -0.39 is 0 Å². The van der Waals surface area contributed by atoms with Gasteiger partial charge >= 0.3 is 0 Å². The second-order valence-corrected chi connectivity index (χ2v) is 6.14. The van der Waals surface area contributed by atoms with Crippen molar-refractivity contribution in [3.05, 3.63) is 72.1 Å². The van der Waals surface area contributed by atoms with Gasteiger partial charge in [0.1, 0.15) is 23.6 Å². The number of aromatic nitrogens is 2. The number of amides is 1. The maximum absolute atomic E-state index is 13.8. The molecule has 2 aromatic heterocycles. The molecule has 0 bridgehead atoms. The summed E-state index contributed by atoms with van der Waals surface area (Å²) in [6, 6.07) is 10.5. The number of aryl methyl sites for hydroxylation is 1. The van der Waals surface area contributed by atoms with E-state index in [4.69, 9.17) is 0 Å². The third-order valence-electron chi connectivity index (χ3n) is 4.32. The van der Waals surface area contributed by atoms with E-state index in [0.717, 1.165) is 22.3 Å². The normalized spacial score (nSPS) is 11.0. The van der Waals surface area contributed by atoms with Crippen molar-refractivity contribution >= 4 is 22.5 Å². The van der Waals surface area contributed by atoms with Gasteiger partial charge in [0.25, 0.3) is 0 Å². The van der Waals surface area contributed by atoms with Crippen molar-refractivity contribution in [1.82, 2.24) is 10.1 Å². The smallest absolute Gasteiger partial charge is 0.224 e. The fourth-order valence-corrected chi connectivity index (χ4v) is 3.07. The number of anilines is 1. The van der Waals surface area contributed by atoms with Crippen LogP contribution in [0.5, 0.6) is 0 Å². The first kappa shape index (κ1) is 17.0. The summed E-state index contributed by atoms with van der Waals surface area (Å²) in [6.45, 7) is 0. The highest BCUT2D eigenvalue weighted by atomic mass is 19.1. The van der Waals surface area contributed by atoms with E-state index in [1.165, 1.54) is 36.7 Å². The molecule has 0 fully saturated rings. The molecule has 4 aromatic rings. The minimum atomic E-state index is -0.359. The van der Waals surface area contributed by atoms with Crippen LogP contribution in [0.3, 0.4) is 0 Å². The average Bonchev–Trinajstić information content (AvgIpc) is 3.28. The molecule has 0 atom stereocenters. The molecule has 0 radical (unpaired) electrons. The molecule has 27 heavy (non-hydrogen) atoms. The summed E-state index contributed by atoms with van der Waals surface area (Å²) < 4.78 is 31.7. The topological polar surface area (TPSA) is 70.9 Å². The highest BCUT2D eigenvalue weighted by Crippen LogP contribution is 2.32. The largest absolute Gasteiger partial charge is 0.363 e. The first-order valence-corrected chi connectivity index (χ1v) is 8.35. The van der Waals surface area contributed by atoms with Gasteiger partial charge in [0.15, 0.2) is 0 Å². The Morgan fingerprint density at radius 2 is 1.89 bits per heavy atom. The number of benzene rings is 2. The second-order valence-electron chi connectivity index (χ2n) is 6.14. The van der Waals surface area contributed by atoms with Crippen molar-refractivity contribution in [3.8, 4) is 11.3 Å². The van der Waals surface area contributed by atoms with E-state index >= 15 is 0 Å². The van der Waals surface area contributed by atoms with Crippen molar-refractivity contribution in [2.75, 3.05) is 5.32 Å². The summed E-state index contributed by atoms with van der Waals surface area (Å²) in [5.41, 5.74) is 3.54. The Morgan fingerprint density at radius 1 is 1.11 bits per heavy atom. The predicted molar refractivity (Wildman–Crippen MR) is 97.1 cm³/mol. The van der Waals surface area contributed by atoms with Crippen molar-refractivity contribution in [2.45, 2.75) is 12.8 Å². The molecule has 0 saturated carbocycles. The summed E-state index contributed by atoms with van der Waals surface area (Å²) in [5.74, 6) is -0.910. The van der Waals surface area contributed by atoms with Gasteiger partial charge in [-0.1, -0.05) is 5.16 Å². The van der Waals surface area contributed by atoms with Crippen LogP contribution in [0.4, 0.5) is 14.5 Å². The lowest BCUT2D eigenvalue weighted by Gasteiger charge is -2.06. The highest BCUT2D eigenvalue weighted by molar-refractivity contribution is 5.93. The van der Waals surface area contributed by atoms with Gasteiger partial charge < -0.3 is 14.8 Å². The van der Waals surface area contributed by atoms with Crippen LogP contribution in [-0.2, 0) is 11.2 Å². The molecule has 0 saturated heterocycles. The average molecular weight is 367 g/mol. The van der Waals surface area contributed by atoms with E-state index in [-0.39, 0.29) is 24.0 Å². The Bertz CT molecular complexity index is 1090. The second kappa shape index (κ2) is 7.03. The van der Waals surface area contributed by atoms with Gasteiger partial charge in [0, 0.05) is 23.0 Å². The Hall–Kier alpha value is -3.48. The van der Waals surface area contributed by atoms with Crippen LogP contribution in [0.1, 0.15) is 12.0 Å². The molecule has 2 heterocycles. The number of hydrogen-bond donors (Lipinski definition) is 2. The fraction of sp³-hybridized carbons (Fsp3) is 0.100. The summed E-state index contributed by atoms with van der Waals surface area (Å²) in [5, 5.41) is 6.91. The van der Waals surface area contributed by atoms with Crippen LogP contribution < -0.4 is 5.32 Å². The molecular weight excluding hydrogens is 352 g/mol.